The lowest BCUT2D eigenvalue weighted by Gasteiger charge is -2.27. The van der Waals surface area contributed by atoms with Crippen molar-refractivity contribution in [2.45, 2.75) is 12.0 Å². The van der Waals surface area contributed by atoms with Gasteiger partial charge in [-0.1, -0.05) is 0 Å². The predicted octanol–water partition coefficient (Wildman–Crippen LogP) is 1.08. The summed E-state index contributed by atoms with van der Waals surface area (Å²) in [7, 11) is 0. The molecule has 0 spiro atoms. The van der Waals surface area contributed by atoms with Crippen LogP contribution in [0.25, 0.3) is 0 Å². The number of fused-ring (bicyclic) bond motifs is 1. The van der Waals surface area contributed by atoms with Gasteiger partial charge in [0.05, 0.1) is 5.56 Å². The Kier molecular flexibility index (Phi) is 2.66. The number of aromatic nitrogens is 3. The molecular formula is C11H10F3N7. The molecule has 21 heavy (non-hydrogen) atoms. The van der Waals surface area contributed by atoms with Gasteiger partial charge in [-0.3, -0.25) is 10.7 Å². The summed E-state index contributed by atoms with van der Waals surface area (Å²) in [5.74, 6) is -1.49. The van der Waals surface area contributed by atoms with Crippen LogP contribution in [0.15, 0.2) is 24.7 Å². The van der Waals surface area contributed by atoms with Crippen molar-refractivity contribution in [3.8, 4) is 0 Å². The third-order valence-electron chi connectivity index (χ3n) is 3.00. The van der Waals surface area contributed by atoms with Gasteiger partial charge in [-0.2, -0.15) is 13.2 Å². The van der Waals surface area contributed by atoms with E-state index in [1.807, 2.05) is 0 Å². The van der Waals surface area contributed by atoms with E-state index < -0.39 is 23.2 Å². The van der Waals surface area contributed by atoms with E-state index in [2.05, 4.69) is 25.6 Å². The molecule has 0 aliphatic carbocycles. The van der Waals surface area contributed by atoms with Crippen molar-refractivity contribution in [3.05, 3.63) is 35.9 Å². The molecule has 3 rings (SSSR count). The zero-order valence-corrected chi connectivity index (χ0v) is 10.4. The number of pyridine rings is 1. The molecule has 0 saturated heterocycles. The zero-order chi connectivity index (χ0) is 15.3. The van der Waals surface area contributed by atoms with Gasteiger partial charge in [0.2, 0.25) is 5.79 Å². The summed E-state index contributed by atoms with van der Waals surface area (Å²) in [6.45, 7) is 0. The quantitative estimate of drug-likeness (QED) is 0.622. The Labute approximate surface area is 116 Å². The summed E-state index contributed by atoms with van der Waals surface area (Å²) in [5.41, 5.74) is 10.5. The molecule has 110 valence electrons. The lowest BCUT2D eigenvalue weighted by atomic mass is 10.1. The third kappa shape index (κ3) is 2.09. The van der Waals surface area contributed by atoms with Gasteiger partial charge in [0, 0.05) is 6.20 Å². The van der Waals surface area contributed by atoms with Crippen LogP contribution in [-0.4, -0.2) is 15.0 Å². The maximum absolute atomic E-state index is 13.1. The van der Waals surface area contributed by atoms with Gasteiger partial charge in [-0.25, -0.2) is 9.97 Å². The molecule has 1 aliphatic heterocycles. The number of alkyl halides is 3. The predicted molar refractivity (Wildman–Crippen MR) is 68.8 cm³/mol. The normalized spacial score (nSPS) is 20.6. The molecule has 1 atom stereocenters. The zero-order valence-electron chi connectivity index (χ0n) is 10.4. The highest BCUT2D eigenvalue weighted by Gasteiger charge is 2.45. The van der Waals surface area contributed by atoms with E-state index in [4.69, 9.17) is 11.5 Å². The van der Waals surface area contributed by atoms with E-state index >= 15 is 0 Å². The lowest BCUT2D eigenvalue weighted by molar-refractivity contribution is -0.139. The molecular weight excluding hydrogens is 287 g/mol. The van der Waals surface area contributed by atoms with Gasteiger partial charge < -0.3 is 16.4 Å². The number of nitrogens with zero attached hydrogens (tertiary/aromatic N) is 3. The molecule has 10 heteroatoms. The number of nitrogen functional groups attached to an aromatic ring is 1. The fourth-order valence-electron chi connectivity index (χ4n) is 2.10. The Hall–Kier alpha value is -2.62. The molecule has 1 unspecified atom stereocenters. The van der Waals surface area contributed by atoms with Crippen molar-refractivity contribution in [3.63, 3.8) is 0 Å². The van der Waals surface area contributed by atoms with E-state index in [9.17, 15) is 13.2 Å². The third-order valence-corrected chi connectivity index (χ3v) is 3.00. The van der Waals surface area contributed by atoms with Crippen molar-refractivity contribution in [1.82, 2.24) is 15.0 Å². The molecule has 6 N–H and O–H groups in total. The van der Waals surface area contributed by atoms with Crippen LogP contribution in [0.2, 0.25) is 0 Å². The first-order chi connectivity index (χ1) is 9.81. The fraction of sp³-hybridized carbons (Fsp3) is 0.182. The van der Waals surface area contributed by atoms with Crippen LogP contribution in [-0.2, 0) is 12.0 Å². The Morgan fingerprint density at radius 2 is 1.90 bits per heavy atom. The lowest BCUT2D eigenvalue weighted by Crippen LogP contribution is -2.50. The number of rotatable bonds is 1. The van der Waals surface area contributed by atoms with Gasteiger partial charge in [0.25, 0.3) is 0 Å². The van der Waals surface area contributed by atoms with E-state index in [-0.39, 0.29) is 17.3 Å². The van der Waals surface area contributed by atoms with Crippen LogP contribution in [0.3, 0.4) is 0 Å². The van der Waals surface area contributed by atoms with E-state index in [1.165, 1.54) is 18.6 Å². The fourth-order valence-corrected chi connectivity index (χ4v) is 2.10. The van der Waals surface area contributed by atoms with E-state index in [1.54, 1.807) is 0 Å². The second-order valence-corrected chi connectivity index (χ2v) is 4.44. The summed E-state index contributed by atoms with van der Waals surface area (Å²) in [6.07, 6.45) is -2.19. The van der Waals surface area contributed by atoms with Gasteiger partial charge in [0.1, 0.15) is 17.7 Å². The number of halogens is 3. The summed E-state index contributed by atoms with van der Waals surface area (Å²) in [6, 6.07) is 2.09. The minimum absolute atomic E-state index is 0.0734. The highest BCUT2D eigenvalue weighted by atomic mass is 19.4. The van der Waals surface area contributed by atoms with Crippen molar-refractivity contribution in [1.29, 1.82) is 0 Å². The first-order valence-electron chi connectivity index (χ1n) is 5.80. The Morgan fingerprint density at radius 1 is 1.14 bits per heavy atom. The number of hydrogen-bond donors (Lipinski definition) is 4. The smallest absolute Gasteiger partial charge is 0.382 e. The minimum Gasteiger partial charge on any atom is -0.382 e. The Bertz CT molecular complexity index is 702. The SMILES string of the molecule is Nc1ncnc2c1NC(N)(c1ncccc1C(F)(F)F)N2. The topological polar surface area (TPSA) is 115 Å². The highest BCUT2D eigenvalue weighted by molar-refractivity contribution is 5.81. The van der Waals surface area contributed by atoms with E-state index in [0.717, 1.165) is 6.07 Å². The van der Waals surface area contributed by atoms with Crippen LogP contribution in [0.4, 0.5) is 30.5 Å². The molecule has 0 amide bonds. The molecule has 1 aliphatic rings. The summed E-state index contributed by atoms with van der Waals surface area (Å²) in [4.78, 5) is 11.4. The molecule has 2 aromatic heterocycles. The van der Waals surface area contributed by atoms with Gasteiger partial charge >= 0.3 is 6.18 Å². The molecule has 0 bridgehead atoms. The summed E-state index contributed by atoms with van der Waals surface area (Å²) < 4.78 is 39.2. The molecule has 3 heterocycles. The standard InChI is InChI=1S/C11H10F3N7/c12-10(13,14)5-2-1-3-17-7(5)11(16)20-6-8(15)18-4-19-9(6)21-11/h1-4,20H,16H2,(H3,15,18,19,21). The summed E-state index contributed by atoms with van der Waals surface area (Å²) in [5, 5.41) is 5.32. The molecule has 0 aromatic carbocycles. The van der Waals surface area contributed by atoms with Crippen LogP contribution in [0.1, 0.15) is 11.3 Å². The summed E-state index contributed by atoms with van der Waals surface area (Å²) >= 11 is 0. The van der Waals surface area contributed by atoms with Crippen LogP contribution in [0.5, 0.6) is 0 Å². The number of nitrogens with two attached hydrogens (primary N) is 2. The average molecular weight is 297 g/mol. The minimum atomic E-state index is -4.59. The maximum atomic E-state index is 13.1. The number of nitrogens with one attached hydrogen (secondary N) is 2. The van der Waals surface area contributed by atoms with Gasteiger partial charge in [-0.15, -0.1) is 0 Å². The van der Waals surface area contributed by atoms with Gasteiger partial charge in [0.15, 0.2) is 11.6 Å². The first-order valence-corrected chi connectivity index (χ1v) is 5.80. The molecule has 0 saturated carbocycles. The van der Waals surface area contributed by atoms with Crippen LogP contribution >= 0.6 is 0 Å². The second kappa shape index (κ2) is 4.19. The molecule has 0 radical (unpaired) electrons. The Morgan fingerprint density at radius 3 is 2.57 bits per heavy atom. The first kappa shape index (κ1) is 13.4. The monoisotopic (exact) mass is 297 g/mol. The van der Waals surface area contributed by atoms with Crippen molar-refractivity contribution in [2.75, 3.05) is 16.4 Å². The van der Waals surface area contributed by atoms with Crippen molar-refractivity contribution in [2.24, 2.45) is 5.73 Å². The highest BCUT2D eigenvalue weighted by Crippen LogP contribution is 2.41. The van der Waals surface area contributed by atoms with Crippen molar-refractivity contribution >= 4 is 17.3 Å². The molecule has 2 aromatic rings. The number of anilines is 3. The molecule has 7 nitrogen and oxygen atoms in total. The van der Waals surface area contributed by atoms with Gasteiger partial charge in [-0.05, 0) is 12.1 Å². The largest absolute Gasteiger partial charge is 0.418 e. The van der Waals surface area contributed by atoms with Crippen molar-refractivity contribution < 1.29 is 13.2 Å². The van der Waals surface area contributed by atoms with E-state index in [0.29, 0.717) is 0 Å². The van der Waals surface area contributed by atoms with Crippen LogP contribution in [0, 0.1) is 0 Å². The van der Waals surface area contributed by atoms with Crippen LogP contribution < -0.4 is 22.1 Å². The number of hydrogen-bond acceptors (Lipinski definition) is 7. The second-order valence-electron chi connectivity index (χ2n) is 4.44. The Balaban J connectivity index is 2.10. The molecule has 0 fully saturated rings. The maximum Gasteiger partial charge on any atom is 0.418 e. The average Bonchev–Trinajstić information content (AvgIpc) is 2.77.